The van der Waals surface area contributed by atoms with Crippen molar-refractivity contribution in [2.75, 3.05) is 13.1 Å². The summed E-state index contributed by atoms with van der Waals surface area (Å²) >= 11 is 0. The molecule has 0 aliphatic carbocycles. The van der Waals surface area contributed by atoms with E-state index in [0.29, 0.717) is 0 Å². The van der Waals surface area contributed by atoms with Crippen LogP contribution in [0.25, 0.3) is 0 Å². The Morgan fingerprint density at radius 1 is 0.692 bits per heavy atom. The highest BCUT2D eigenvalue weighted by atomic mass is 15.4. The Labute approximate surface area is 83.7 Å². The fourth-order valence-corrected chi connectivity index (χ4v) is 2.91. The van der Waals surface area contributed by atoms with Crippen molar-refractivity contribution >= 4 is 0 Å². The van der Waals surface area contributed by atoms with Crippen molar-refractivity contribution in [1.29, 1.82) is 0 Å². The number of rotatable bonds is 2. The Bertz CT molecular complexity index is 131. The van der Waals surface area contributed by atoms with Gasteiger partial charge in [0, 0.05) is 0 Å². The van der Waals surface area contributed by atoms with Crippen molar-refractivity contribution < 1.29 is 4.48 Å². The Balaban J connectivity index is 2.74. The fraction of sp³-hybridized carbons (Fsp3) is 1.00. The molecule has 0 N–H and O–H groups in total. The quantitative estimate of drug-likeness (QED) is 0.578. The second-order valence-corrected chi connectivity index (χ2v) is 5.15. The third kappa shape index (κ3) is 2.25. The Kier molecular flexibility index (Phi) is 3.78. The summed E-state index contributed by atoms with van der Waals surface area (Å²) in [4.78, 5) is 0. The molecular formula is C12H26N+. The van der Waals surface area contributed by atoms with Gasteiger partial charge in [-0.2, -0.15) is 0 Å². The minimum absolute atomic E-state index is 0.804. The van der Waals surface area contributed by atoms with Gasteiger partial charge in [-0.1, -0.05) is 0 Å². The lowest BCUT2D eigenvalue weighted by atomic mass is 10.1. The molecule has 1 saturated heterocycles. The van der Waals surface area contributed by atoms with E-state index in [9.17, 15) is 0 Å². The molecule has 0 unspecified atom stereocenters. The van der Waals surface area contributed by atoms with E-state index in [1.165, 1.54) is 43.3 Å². The van der Waals surface area contributed by atoms with Crippen LogP contribution in [0.15, 0.2) is 0 Å². The molecule has 1 rings (SSSR count). The molecule has 78 valence electrons. The third-order valence-corrected chi connectivity index (χ3v) is 3.96. The largest absolute Gasteiger partial charge is 0.320 e. The molecular weight excluding hydrogens is 158 g/mol. The summed E-state index contributed by atoms with van der Waals surface area (Å²) in [6, 6.07) is 1.61. The fourth-order valence-electron chi connectivity index (χ4n) is 2.91. The highest BCUT2D eigenvalue weighted by Crippen LogP contribution is 2.25. The lowest BCUT2D eigenvalue weighted by Crippen LogP contribution is -2.58. The average Bonchev–Trinajstić information content (AvgIpc) is 2.28. The van der Waals surface area contributed by atoms with Gasteiger partial charge in [0.25, 0.3) is 0 Å². The number of hydrogen-bond donors (Lipinski definition) is 0. The van der Waals surface area contributed by atoms with Crippen molar-refractivity contribution in [1.82, 2.24) is 0 Å². The van der Waals surface area contributed by atoms with Gasteiger partial charge in [0.05, 0.1) is 25.2 Å². The van der Waals surface area contributed by atoms with Crippen LogP contribution in [0.5, 0.6) is 0 Å². The molecule has 0 radical (unpaired) electrons. The zero-order chi connectivity index (χ0) is 9.90. The standard InChI is InChI=1S/C12H26N/c1-11(2)13(12(3)4)9-7-5-6-8-10-13/h11-12H,5-10H2,1-4H3/q+1. The second-order valence-electron chi connectivity index (χ2n) is 5.15. The molecule has 0 aromatic carbocycles. The average molecular weight is 184 g/mol. The van der Waals surface area contributed by atoms with Gasteiger partial charge in [-0.05, 0) is 53.4 Å². The zero-order valence-corrected chi connectivity index (χ0v) is 9.84. The van der Waals surface area contributed by atoms with Gasteiger partial charge in [-0.3, -0.25) is 0 Å². The van der Waals surface area contributed by atoms with Crippen LogP contribution in [0.4, 0.5) is 0 Å². The van der Waals surface area contributed by atoms with Crippen LogP contribution < -0.4 is 0 Å². The van der Waals surface area contributed by atoms with Gasteiger partial charge >= 0.3 is 0 Å². The van der Waals surface area contributed by atoms with Crippen LogP contribution in [0, 0.1) is 0 Å². The first-order valence-electron chi connectivity index (χ1n) is 5.96. The van der Waals surface area contributed by atoms with Crippen molar-refractivity contribution in [2.45, 2.75) is 65.5 Å². The topological polar surface area (TPSA) is 0 Å². The molecule has 0 amide bonds. The first kappa shape index (κ1) is 11.0. The van der Waals surface area contributed by atoms with Crippen LogP contribution in [-0.4, -0.2) is 29.7 Å². The van der Waals surface area contributed by atoms with Gasteiger partial charge in [-0.25, -0.2) is 0 Å². The van der Waals surface area contributed by atoms with E-state index in [1.807, 2.05) is 0 Å². The first-order chi connectivity index (χ1) is 6.09. The Morgan fingerprint density at radius 3 is 1.38 bits per heavy atom. The molecule has 1 fully saturated rings. The minimum atomic E-state index is 0.804. The summed E-state index contributed by atoms with van der Waals surface area (Å²) in [6.07, 6.45) is 5.80. The molecule has 1 nitrogen and oxygen atoms in total. The molecule has 1 aliphatic rings. The van der Waals surface area contributed by atoms with Crippen LogP contribution in [0.2, 0.25) is 0 Å². The van der Waals surface area contributed by atoms with Crippen molar-refractivity contribution in [3.05, 3.63) is 0 Å². The van der Waals surface area contributed by atoms with Crippen molar-refractivity contribution in [2.24, 2.45) is 0 Å². The molecule has 13 heavy (non-hydrogen) atoms. The van der Waals surface area contributed by atoms with Gasteiger partial charge < -0.3 is 4.48 Å². The molecule has 0 bridgehead atoms. The number of hydrogen-bond acceptors (Lipinski definition) is 0. The smallest absolute Gasteiger partial charge is 0.0835 e. The second kappa shape index (κ2) is 4.45. The molecule has 0 atom stereocenters. The summed E-state index contributed by atoms with van der Waals surface area (Å²) in [5, 5.41) is 0. The van der Waals surface area contributed by atoms with Gasteiger partial charge in [0.1, 0.15) is 0 Å². The van der Waals surface area contributed by atoms with E-state index in [0.717, 1.165) is 12.1 Å². The maximum absolute atomic E-state index is 2.39. The summed E-state index contributed by atoms with van der Waals surface area (Å²) < 4.78 is 1.36. The SMILES string of the molecule is CC(C)[N+]1(C(C)C)CCCCCC1. The lowest BCUT2D eigenvalue weighted by Gasteiger charge is -2.45. The summed E-state index contributed by atoms with van der Waals surface area (Å²) in [5.41, 5.74) is 0. The summed E-state index contributed by atoms with van der Waals surface area (Å²) in [6.45, 7) is 12.4. The predicted molar refractivity (Wildman–Crippen MR) is 58.7 cm³/mol. The van der Waals surface area contributed by atoms with Gasteiger partial charge in [0.2, 0.25) is 0 Å². The highest BCUT2D eigenvalue weighted by Gasteiger charge is 2.34. The van der Waals surface area contributed by atoms with E-state index >= 15 is 0 Å². The Morgan fingerprint density at radius 2 is 1.08 bits per heavy atom. The molecule has 0 saturated carbocycles. The van der Waals surface area contributed by atoms with Crippen LogP contribution in [0.1, 0.15) is 53.4 Å². The summed E-state index contributed by atoms with van der Waals surface area (Å²) in [5.74, 6) is 0. The van der Waals surface area contributed by atoms with E-state index in [-0.39, 0.29) is 0 Å². The van der Waals surface area contributed by atoms with E-state index in [1.54, 1.807) is 0 Å². The molecule has 1 heteroatoms. The van der Waals surface area contributed by atoms with Crippen LogP contribution in [-0.2, 0) is 0 Å². The molecule has 0 aromatic rings. The monoisotopic (exact) mass is 184 g/mol. The molecule has 1 heterocycles. The lowest BCUT2D eigenvalue weighted by molar-refractivity contribution is -0.966. The molecule has 0 aromatic heterocycles. The van der Waals surface area contributed by atoms with Crippen LogP contribution >= 0.6 is 0 Å². The maximum atomic E-state index is 2.39. The number of nitrogens with zero attached hydrogens (tertiary/aromatic N) is 1. The van der Waals surface area contributed by atoms with Crippen molar-refractivity contribution in [3.8, 4) is 0 Å². The minimum Gasteiger partial charge on any atom is -0.320 e. The van der Waals surface area contributed by atoms with E-state index in [2.05, 4.69) is 27.7 Å². The third-order valence-electron chi connectivity index (χ3n) is 3.96. The molecule has 0 spiro atoms. The molecule has 1 aliphatic heterocycles. The Hall–Kier alpha value is -0.0400. The normalized spacial score (nSPS) is 23.5. The van der Waals surface area contributed by atoms with Crippen LogP contribution in [0.3, 0.4) is 0 Å². The summed E-state index contributed by atoms with van der Waals surface area (Å²) in [7, 11) is 0. The van der Waals surface area contributed by atoms with E-state index in [4.69, 9.17) is 0 Å². The van der Waals surface area contributed by atoms with Gasteiger partial charge in [0.15, 0.2) is 0 Å². The van der Waals surface area contributed by atoms with Gasteiger partial charge in [-0.15, -0.1) is 0 Å². The highest BCUT2D eigenvalue weighted by molar-refractivity contribution is 4.59. The number of quaternary nitrogens is 1. The van der Waals surface area contributed by atoms with E-state index < -0.39 is 0 Å². The zero-order valence-electron chi connectivity index (χ0n) is 9.84. The number of likely N-dealkylation sites (tertiary alicyclic amines) is 1. The maximum Gasteiger partial charge on any atom is 0.0835 e. The first-order valence-corrected chi connectivity index (χ1v) is 5.96. The van der Waals surface area contributed by atoms with Crippen molar-refractivity contribution in [3.63, 3.8) is 0 Å². The predicted octanol–water partition coefficient (Wildman–Crippen LogP) is 3.19.